The van der Waals surface area contributed by atoms with Crippen molar-refractivity contribution in [2.24, 2.45) is 5.92 Å². The van der Waals surface area contributed by atoms with Gasteiger partial charge in [-0.2, -0.15) is 0 Å². The third kappa shape index (κ3) is 1.47. The molecule has 2 rings (SSSR count). The molecule has 1 N–H and O–H groups in total. The summed E-state index contributed by atoms with van der Waals surface area (Å²) < 4.78 is 0.471. The normalized spacial score (nSPS) is 34.5. The second kappa shape index (κ2) is 2.86. The van der Waals surface area contributed by atoms with Crippen molar-refractivity contribution in [2.45, 2.75) is 42.1 Å². The van der Waals surface area contributed by atoms with E-state index in [2.05, 4.69) is 34.8 Å². The van der Waals surface area contributed by atoms with Gasteiger partial charge in [-0.1, -0.05) is 29.5 Å². The highest BCUT2D eigenvalue weighted by atomic mass is 127. The molecule has 0 aromatic heterocycles. The summed E-state index contributed by atoms with van der Waals surface area (Å²) in [5, 5.41) is 3.15. The second-order valence-corrected chi connectivity index (χ2v) is 6.06. The smallest absolute Gasteiger partial charge is 0.224 e. The molecule has 1 aliphatic heterocycles. The summed E-state index contributed by atoms with van der Waals surface area (Å²) in [5.74, 6) is 0.553. The Hall–Kier alpha value is 0.200. The minimum absolute atomic E-state index is 0.261. The summed E-state index contributed by atoms with van der Waals surface area (Å²) in [5.41, 5.74) is 0.263. The lowest BCUT2D eigenvalue weighted by atomic mass is 9.90. The van der Waals surface area contributed by atoms with Gasteiger partial charge in [0, 0.05) is 15.4 Å². The van der Waals surface area contributed by atoms with Crippen molar-refractivity contribution in [3.05, 3.63) is 0 Å². The molecule has 3 heteroatoms. The van der Waals surface area contributed by atoms with Gasteiger partial charge in [0.1, 0.15) is 0 Å². The van der Waals surface area contributed by atoms with Crippen LogP contribution in [0.15, 0.2) is 0 Å². The van der Waals surface area contributed by atoms with Crippen molar-refractivity contribution in [3.8, 4) is 0 Å². The third-order valence-electron chi connectivity index (χ3n) is 3.07. The summed E-state index contributed by atoms with van der Waals surface area (Å²) in [6.07, 6.45) is 4.72. The van der Waals surface area contributed by atoms with E-state index in [4.69, 9.17) is 0 Å². The van der Waals surface area contributed by atoms with Crippen molar-refractivity contribution in [3.63, 3.8) is 0 Å². The quantitative estimate of drug-likeness (QED) is 0.576. The molecule has 1 saturated carbocycles. The van der Waals surface area contributed by atoms with Gasteiger partial charge in [0.15, 0.2) is 0 Å². The monoisotopic (exact) mass is 279 g/mol. The minimum atomic E-state index is 0.261. The number of carbonyl (C=O) groups is 1. The summed E-state index contributed by atoms with van der Waals surface area (Å²) in [6.45, 7) is 2.12. The Labute approximate surface area is 86.6 Å². The van der Waals surface area contributed by atoms with Gasteiger partial charge in [-0.25, -0.2) is 0 Å². The topological polar surface area (TPSA) is 29.1 Å². The van der Waals surface area contributed by atoms with E-state index in [0.29, 0.717) is 9.83 Å². The number of hydrogen-bond donors (Lipinski definition) is 1. The number of alkyl halides is 1. The second-order valence-electron chi connectivity index (χ2n) is 4.09. The number of carbonyl (C=O) groups excluding carboxylic acids is 1. The molecule has 2 atom stereocenters. The van der Waals surface area contributed by atoms with Crippen molar-refractivity contribution < 1.29 is 4.79 Å². The maximum atomic E-state index is 11.6. The summed E-state index contributed by atoms with van der Waals surface area (Å²) in [7, 11) is 0. The van der Waals surface area contributed by atoms with E-state index in [1.165, 1.54) is 19.3 Å². The molecular weight excluding hydrogens is 265 g/mol. The zero-order valence-corrected chi connectivity index (χ0v) is 9.43. The first-order valence-corrected chi connectivity index (χ1v) is 5.84. The fourth-order valence-corrected chi connectivity index (χ4v) is 2.63. The predicted molar refractivity (Wildman–Crippen MR) is 56.3 cm³/mol. The fraction of sp³-hybridized carbons (Fsp3) is 0.889. The van der Waals surface area contributed by atoms with E-state index in [9.17, 15) is 4.79 Å². The molecule has 0 aromatic carbocycles. The van der Waals surface area contributed by atoms with Crippen LogP contribution >= 0.6 is 22.6 Å². The SMILES string of the molecule is C[C@@H](I)[C@@H]1CCC2(CC2)NC1=O. The van der Waals surface area contributed by atoms with Crippen LogP contribution in [-0.4, -0.2) is 15.4 Å². The Morgan fingerprint density at radius 2 is 2.25 bits per heavy atom. The van der Waals surface area contributed by atoms with Gasteiger partial charge in [-0.05, 0) is 25.7 Å². The van der Waals surface area contributed by atoms with Gasteiger partial charge in [0.05, 0.1) is 0 Å². The standard InChI is InChI=1S/C9H14INO/c1-6(10)7-2-3-9(4-5-9)11-8(7)12/h6-7H,2-5H2,1H3,(H,11,12)/t6-,7+/m1/s1. The maximum Gasteiger partial charge on any atom is 0.224 e. The first-order valence-electron chi connectivity index (χ1n) is 4.59. The van der Waals surface area contributed by atoms with E-state index >= 15 is 0 Å². The van der Waals surface area contributed by atoms with Gasteiger partial charge < -0.3 is 5.32 Å². The Kier molecular flexibility index (Phi) is 2.09. The third-order valence-corrected chi connectivity index (χ3v) is 3.94. The van der Waals surface area contributed by atoms with Crippen molar-refractivity contribution in [2.75, 3.05) is 0 Å². The zero-order chi connectivity index (χ0) is 8.77. The number of rotatable bonds is 1. The lowest BCUT2D eigenvalue weighted by Gasteiger charge is -2.30. The van der Waals surface area contributed by atoms with Gasteiger partial charge in [0.25, 0.3) is 0 Å². The molecule has 0 aromatic rings. The van der Waals surface area contributed by atoms with Gasteiger partial charge >= 0.3 is 0 Å². The number of piperidine rings is 1. The molecule has 2 aliphatic rings. The molecule has 0 bridgehead atoms. The van der Waals surface area contributed by atoms with E-state index < -0.39 is 0 Å². The largest absolute Gasteiger partial charge is 0.350 e. The van der Waals surface area contributed by atoms with Crippen LogP contribution in [0.1, 0.15) is 32.6 Å². The highest BCUT2D eigenvalue weighted by molar-refractivity contribution is 14.1. The van der Waals surface area contributed by atoms with Crippen LogP contribution in [0.5, 0.6) is 0 Å². The van der Waals surface area contributed by atoms with Gasteiger partial charge in [-0.3, -0.25) is 4.79 Å². The molecule has 1 saturated heterocycles. The van der Waals surface area contributed by atoms with E-state index in [-0.39, 0.29) is 11.5 Å². The lowest BCUT2D eigenvalue weighted by Crippen LogP contribution is -2.47. The molecule has 0 radical (unpaired) electrons. The van der Waals surface area contributed by atoms with Crippen molar-refractivity contribution in [1.29, 1.82) is 0 Å². The molecule has 1 aliphatic carbocycles. The van der Waals surface area contributed by atoms with Crippen molar-refractivity contribution >= 4 is 28.5 Å². The average Bonchev–Trinajstić information content (AvgIpc) is 2.68. The lowest BCUT2D eigenvalue weighted by molar-refractivity contribution is -0.128. The van der Waals surface area contributed by atoms with Crippen LogP contribution in [-0.2, 0) is 4.79 Å². The molecule has 12 heavy (non-hydrogen) atoms. The fourth-order valence-electron chi connectivity index (χ4n) is 1.94. The highest BCUT2D eigenvalue weighted by Crippen LogP contribution is 2.44. The molecule has 1 amide bonds. The van der Waals surface area contributed by atoms with Crippen LogP contribution < -0.4 is 5.32 Å². The predicted octanol–water partition coefficient (Wildman–Crippen LogP) is 1.87. The molecule has 2 nitrogen and oxygen atoms in total. The maximum absolute atomic E-state index is 11.6. The van der Waals surface area contributed by atoms with E-state index in [0.717, 1.165) is 6.42 Å². The Morgan fingerprint density at radius 1 is 1.58 bits per heavy atom. The highest BCUT2D eigenvalue weighted by Gasteiger charge is 2.48. The summed E-state index contributed by atoms with van der Waals surface area (Å²) in [4.78, 5) is 11.6. The van der Waals surface area contributed by atoms with Crippen molar-refractivity contribution in [1.82, 2.24) is 5.32 Å². The van der Waals surface area contributed by atoms with Gasteiger partial charge in [0.2, 0.25) is 5.91 Å². The van der Waals surface area contributed by atoms with E-state index in [1.54, 1.807) is 0 Å². The minimum Gasteiger partial charge on any atom is -0.350 e. The van der Waals surface area contributed by atoms with Crippen LogP contribution in [0.2, 0.25) is 0 Å². The first kappa shape index (κ1) is 8.78. The number of amides is 1. The first-order chi connectivity index (χ1) is 5.63. The molecule has 1 heterocycles. The van der Waals surface area contributed by atoms with Crippen LogP contribution in [0.25, 0.3) is 0 Å². The number of halogens is 1. The molecule has 1 spiro atoms. The summed E-state index contributed by atoms with van der Waals surface area (Å²) >= 11 is 2.35. The molecule has 68 valence electrons. The van der Waals surface area contributed by atoms with Crippen LogP contribution in [0.4, 0.5) is 0 Å². The molecule has 2 fully saturated rings. The Morgan fingerprint density at radius 3 is 2.67 bits per heavy atom. The number of hydrogen-bond acceptors (Lipinski definition) is 1. The Balaban J connectivity index is 2.00. The molecular formula is C9H14INO. The Bertz CT molecular complexity index is 211. The van der Waals surface area contributed by atoms with Crippen LogP contribution in [0.3, 0.4) is 0 Å². The van der Waals surface area contributed by atoms with Crippen LogP contribution in [0, 0.1) is 5.92 Å². The number of nitrogens with one attached hydrogen (secondary N) is 1. The van der Waals surface area contributed by atoms with E-state index in [1.807, 2.05) is 0 Å². The summed E-state index contributed by atoms with van der Waals surface area (Å²) in [6, 6.07) is 0. The van der Waals surface area contributed by atoms with Gasteiger partial charge in [-0.15, -0.1) is 0 Å². The average molecular weight is 279 g/mol. The molecule has 0 unspecified atom stereocenters. The zero-order valence-electron chi connectivity index (χ0n) is 7.27.